The number of benzene rings is 2. The minimum absolute atomic E-state index is 0.0166. The molecular formula is C26H27F3N2O6. The van der Waals surface area contributed by atoms with Crippen LogP contribution in [0, 0.1) is 0 Å². The van der Waals surface area contributed by atoms with Crippen molar-refractivity contribution in [3.05, 3.63) is 57.9 Å². The molecule has 8 nitrogen and oxygen atoms in total. The van der Waals surface area contributed by atoms with Crippen molar-refractivity contribution in [2.45, 2.75) is 19.6 Å². The maximum atomic E-state index is 14.1. The maximum absolute atomic E-state index is 14.1. The van der Waals surface area contributed by atoms with Gasteiger partial charge in [-0.05, 0) is 31.2 Å². The summed E-state index contributed by atoms with van der Waals surface area (Å²) in [5.74, 6) is -1.85. The summed E-state index contributed by atoms with van der Waals surface area (Å²) in [5, 5.41) is -0.0192. The first kappa shape index (κ1) is 25.4. The van der Waals surface area contributed by atoms with Crippen molar-refractivity contribution in [2.24, 2.45) is 0 Å². The van der Waals surface area contributed by atoms with Crippen LogP contribution in [0.4, 0.5) is 13.2 Å². The van der Waals surface area contributed by atoms with Gasteiger partial charge >= 0.3 is 6.18 Å². The van der Waals surface area contributed by atoms with Crippen LogP contribution in [-0.4, -0.2) is 62.5 Å². The van der Waals surface area contributed by atoms with E-state index in [4.69, 9.17) is 23.4 Å². The number of para-hydroxylation sites is 2. The van der Waals surface area contributed by atoms with Gasteiger partial charge in [0.15, 0.2) is 11.5 Å². The molecule has 2 aromatic carbocycles. The zero-order valence-electron chi connectivity index (χ0n) is 20.3. The number of hydrogen-bond acceptors (Lipinski definition) is 8. The molecule has 2 aliphatic heterocycles. The van der Waals surface area contributed by atoms with Gasteiger partial charge < -0.3 is 23.4 Å². The van der Waals surface area contributed by atoms with Crippen LogP contribution in [-0.2, 0) is 17.5 Å². The van der Waals surface area contributed by atoms with Crippen molar-refractivity contribution in [1.82, 2.24) is 9.80 Å². The highest BCUT2D eigenvalue weighted by Gasteiger charge is 2.41. The predicted molar refractivity (Wildman–Crippen MR) is 128 cm³/mol. The molecule has 1 aromatic heterocycles. The first-order valence-electron chi connectivity index (χ1n) is 12.1. The van der Waals surface area contributed by atoms with Crippen LogP contribution in [0.5, 0.6) is 23.0 Å². The molecule has 0 aliphatic carbocycles. The fraction of sp³-hybridized carbons (Fsp3) is 0.423. The van der Waals surface area contributed by atoms with Crippen LogP contribution < -0.4 is 19.6 Å². The number of fused-ring (bicyclic) bond motifs is 3. The lowest BCUT2D eigenvalue weighted by molar-refractivity contribution is -0.154. The molecule has 198 valence electrons. The molecule has 0 atom stereocenters. The largest absolute Gasteiger partial charge is 0.490 e. The molecule has 0 saturated carbocycles. The minimum atomic E-state index is -4.97. The van der Waals surface area contributed by atoms with Gasteiger partial charge in [0.05, 0.1) is 30.8 Å². The molecule has 11 heteroatoms. The highest BCUT2D eigenvalue weighted by molar-refractivity contribution is 5.84. The van der Waals surface area contributed by atoms with Crippen LogP contribution >= 0.6 is 0 Å². The number of rotatable bonds is 7. The van der Waals surface area contributed by atoms with Crippen molar-refractivity contribution in [2.75, 3.05) is 52.7 Å². The van der Waals surface area contributed by atoms with Crippen LogP contribution in [0.2, 0.25) is 0 Å². The second-order valence-electron chi connectivity index (χ2n) is 8.77. The maximum Gasteiger partial charge on any atom is 0.453 e. The van der Waals surface area contributed by atoms with E-state index in [1.807, 2.05) is 4.90 Å². The van der Waals surface area contributed by atoms with Crippen LogP contribution in [0.15, 0.2) is 45.6 Å². The van der Waals surface area contributed by atoms with Crippen LogP contribution in [0.25, 0.3) is 11.0 Å². The summed E-state index contributed by atoms with van der Waals surface area (Å²) >= 11 is 0. The van der Waals surface area contributed by atoms with Gasteiger partial charge in [-0.2, -0.15) is 13.2 Å². The third-order valence-electron chi connectivity index (χ3n) is 6.32. The molecule has 5 rings (SSSR count). The summed E-state index contributed by atoms with van der Waals surface area (Å²) < 4.78 is 70.0. The van der Waals surface area contributed by atoms with Gasteiger partial charge in [0, 0.05) is 32.7 Å². The third kappa shape index (κ3) is 5.39. The Morgan fingerprint density at radius 1 is 1.00 bits per heavy atom. The number of halogens is 3. The molecule has 1 saturated heterocycles. The lowest BCUT2D eigenvalue weighted by Gasteiger charge is -2.32. The van der Waals surface area contributed by atoms with E-state index in [1.165, 1.54) is 12.1 Å². The average molecular weight is 521 g/mol. The first-order valence-corrected chi connectivity index (χ1v) is 12.1. The zero-order valence-corrected chi connectivity index (χ0v) is 20.3. The Hall–Kier alpha value is -3.28. The van der Waals surface area contributed by atoms with Crippen molar-refractivity contribution in [1.29, 1.82) is 0 Å². The van der Waals surface area contributed by atoms with Crippen molar-refractivity contribution in [3.8, 4) is 23.0 Å². The van der Waals surface area contributed by atoms with E-state index in [1.54, 1.807) is 31.2 Å². The quantitative estimate of drug-likeness (QED) is 0.452. The summed E-state index contributed by atoms with van der Waals surface area (Å²) in [6.07, 6.45) is -4.97. The fourth-order valence-corrected chi connectivity index (χ4v) is 4.44. The third-order valence-corrected chi connectivity index (χ3v) is 6.32. The Bertz CT molecular complexity index is 1320. The van der Waals surface area contributed by atoms with E-state index >= 15 is 0 Å². The Morgan fingerprint density at radius 2 is 1.73 bits per heavy atom. The van der Waals surface area contributed by atoms with E-state index in [0.717, 1.165) is 19.6 Å². The van der Waals surface area contributed by atoms with E-state index in [9.17, 15) is 18.0 Å². The van der Waals surface area contributed by atoms with E-state index in [0.29, 0.717) is 31.1 Å². The number of hydrogen-bond donors (Lipinski definition) is 0. The van der Waals surface area contributed by atoms with Crippen molar-refractivity contribution in [3.63, 3.8) is 0 Å². The van der Waals surface area contributed by atoms with Crippen LogP contribution in [0.3, 0.4) is 0 Å². The number of morpholine rings is 1. The number of alkyl halides is 3. The molecule has 0 spiro atoms. The van der Waals surface area contributed by atoms with Gasteiger partial charge in [0.25, 0.3) is 5.76 Å². The SMILES string of the molecule is CCOc1ccccc1Oc1c(C(F)(F)F)oc2c3c(ccc2c1=O)OCN(CCN1CCOCC1)C3. The van der Waals surface area contributed by atoms with Crippen molar-refractivity contribution < 1.29 is 36.5 Å². The van der Waals surface area contributed by atoms with Crippen molar-refractivity contribution >= 4 is 11.0 Å². The topological polar surface area (TPSA) is 73.6 Å². The highest BCUT2D eigenvalue weighted by atomic mass is 19.4. The molecule has 2 aliphatic rings. The summed E-state index contributed by atoms with van der Waals surface area (Å²) in [6, 6.07) is 9.20. The Morgan fingerprint density at radius 3 is 2.46 bits per heavy atom. The van der Waals surface area contributed by atoms with E-state index < -0.39 is 23.1 Å². The lowest BCUT2D eigenvalue weighted by Crippen LogP contribution is -2.43. The molecule has 1 fully saturated rings. The van der Waals surface area contributed by atoms with Gasteiger partial charge in [-0.25, -0.2) is 0 Å². The standard InChI is InChI=1S/C26H27F3N2O6/c1-2-34-20-5-3-4-6-21(20)36-24-22(32)17-7-8-19-18(23(17)37-25(24)26(27,28)29)15-31(16-35-19)10-9-30-11-13-33-14-12-30/h3-8H,2,9-16H2,1H3. The zero-order chi connectivity index (χ0) is 26.0. The highest BCUT2D eigenvalue weighted by Crippen LogP contribution is 2.42. The molecule has 0 bridgehead atoms. The smallest absolute Gasteiger partial charge is 0.453 e. The van der Waals surface area contributed by atoms with Gasteiger partial charge in [0.1, 0.15) is 18.1 Å². The molecule has 0 radical (unpaired) electrons. The molecule has 0 amide bonds. The van der Waals surface area contributed by atoms with Gasteiger partial charge in [-0.15, -0.1) is 0 Å². The summed E-state index contributed by atoms with van der Waals surface area (Å²) in [4.78, 5) is 17.6. The summed E-state index contributed by atoms with van der Waals surface area (Å²) in [6.45, 7) is 6.98. The van der Waals surface area contributed by atoms with Crippen LogP contribution in [0.1, 0.15) is 18.2 Å². The molecular weight excluding hydrogens is 493 g/mol. The molecule has 3 heterocycles. The monoisotopic (exact) mass is 520 g/mol. The second-order valence-corrected chi connectivity index (χ2v) is 8.77. The van der Waals surface area contributed by atoms with Gasteiger partial charge in [0.2, 0.25) is 11.2 Å². The summed E-state index contributed by atoms with van der Waals surface area (Å²) in [7, 11) is 0. The average Bonchev–Trinajstić information content (AvgIpc) is 2.89. The van der Waals surface area contributed by atoms with Gasteiger partial charge in [-0.3, -0.25) is 14.6 Å². The normalized spacial score (nSPS) is 16.9. The Balaban J connectivity index is 1.51. The second kappa shape index (κ2) is 10.6. The summed E-state index contributed by atoms with van der Waals surface area (Å²) in [5.41, 5.74) is -0.681. The van der Waals surface area contributed by atoms with Gasteiger partial charge in [-0.1, -0.05) is 12.1 Å². The fourth-order valence-electron chi connectivity index (χ4n) is 4.44. The number of nitrogens with zero attached hydrogens (tertiary/aromatic N) is 2. The first-order chi connectivity index (χ1) is 17.8. The molecule has 0 N–H and O–H groups in total. The molecule has 0 unspecified atom stereocenters. The Labute approximate surface area is 211 Å². The Kier molecular flexibility index (Phi) is 7.27. The lowest BCUT2D eigenvalue weighted by atomic mass is 10.1. The minimum Gasteiger partial charge on any atom is -0.490 e. The molecule has 37 heavy (non-hydrogen) atoms. The number of ether oxygens (including phenoxy) is 4. The molecule has 3 aromatic rings. The van der Waals surface area contributed by atoms with E-state index in [-0.39, 0.29) is 42.4 Å². The predicted octanol–water partition coefficient (Wildman–Crippen LogP) is 4.49. The van der Waals surface area contributed by atoms with E-state index in [2.05, 4.69) is 4.90 Å².